The summed E-state index contributed by atoms with van der Waals surface area (Å²) in [6.45, 7) is 4.80. The first-order valence-corrected chi connectivity index (χ1v) is 20.0. The Hall–Kier alpha value is -4.51. The minimum atomic E-state index is -1.52. The number of para-hydroxylation sites is 1. The summed E-state index contributed by atoms with van der Waals surface area (Å²) in [6, 6.07) is 7.51. The van der Waals surface area contributed by atoms with Crippen LogP contribution in [0, 0.1) is 13.8 Å². The molecule has 5 N–H and O–H groups in total. The van der Waals surface area contributed by atoms with Gasteiger partial charge in [0, 0.05) is 70.9 Å². The van der Waals surface area contributed by atoms with Crippen molar-refractivity contribution in [1.82, 2.24) is 20.1 Å². The van der Waals surface area contributed by atoms with Crippen molar-refractivity contribution in [3.8, 4) is 28.7 Å². The molecule has 12 rings (SSSR count). The molecule has 14 nitrogen and oxygen atoms in total. The standard InChI is InChI=1S/C41H44N4O10S/c1-18-10-21-12-40(50)15-44(4)30(27(21)32(48)33(18)51-5)31-37-29-28(36-35(53-17-54-36)19(2)34(29)55-20(3)47)26(45(31)40)14-52-39(49)41(16-56-37)38-24(11-22(13-46)43-41)23-8-6-7-9-25(23)42-38/h6-10,22,26,30-31,37,42-43,46,48,50H,11-17H2,1-5H3/t22-,26-,30-,31+,37+,40?,41+/m0/s1. The number of carbonyl (C=O) groups is 2. The van der Waals surface area contributed by atoms with Crippen LogP contribution in [-0.4, -0.2) is 106 Å². The molecule has 8 aliphatic rings. The van der Waals surface area contributed by atoms with Crippen LogP contribution in [0.3, 0.4) is 0 Å². The number of rotatable bonds is 3. The quantitative estimate of drug-likeness (QED) is 0.151. The number of phenols is 1. The Morgan fingerprint density at radius 3 is 2.66 bits per heavy atom. The number of esters is 2. The summed E-state index contributed by atoms with van der Waals surface area (Å²) in [5.41, 5.74) is 3.60. The number of nitrogens with one attached hydrogen (secondary N) is 2. The molecule has 4 aromatic rings. The molecule has 294 valence electrons. The van der Waals surface area contributed by atoms with Gasteiger partial charge in [0.2, 0.25) is 6.79 Å². The van der Waals surface area contributed by atoms with Crippen molar-refractivity contribution in [2.75, 3.05) is 46.5 Å². The minimum absolute atomic E-state index is 0.0102. The van der Waals surface area contributed by atoms with Crippen LogP contribution in [0.1, 0.15) is 68.9 Å². The lowest BCUT2D eigenvalue weighted by Gasteiger charge is -2.60. The molecule has 9 heterocycles. The second-order valence-corrected chi connectivity index (χ2v) is 17.1. The summed E-state index contributed by atoms with van der Waals surface area (Å²) in [5, 5.41) is 39.8. The van der Waals surface area contributed by atoms with Gasteiger partial charge in [0.05, 0.1) is 36.7 Å². The Bertz CT molecular complexity index is 2370. The highest BCUT2D eigenvalue weighted by atomic mass is 32.2. The number of benzene rings is 3. The first kappa shape index (κ1) is 35.9. The molecule has 2 unspecified atom stereocenters. The summed E-state index contributed by atoms with van der Waals surface area (Å²) in [7, 11) is 3.47. The Morgan fingerprint density at radius 1 is 1.11 bits per heavy atom. The van der Waals surface area contributed by atoms with Gasteiger partial charge in [-0.3, -0.25) is 19.9 Å². The third-order valence-corrected chi connectivity index (χ3v) is 14.3. The van der Waals surface area contributed by atoms with Gasteiger partial charge in [0.25, 0.3) is 0 Å². The molecule has 1 spiro atoms. The SMILES string of the molecule is COc1c(C)cc2c(c1O)[C@H]1[C@@H]3[C@@H]4SC[C@]5(N[C@H](CO)Cc6c5[nH]c5ccccc65)C(=O)OC[C@@H](c5c6c(c(C)c(OC(C)=O)c54)OCO6)N3C(O)(C2)CN1C. The number of hydrogen-bond acceptors (Lipinski definition) is 14. The van der Waals surface area contributed by atoms with Crippen molar-refractivity contribution >= 4 is 34.6 Å². The smallest absolute Gasteiger partial charge is 0.333 e. The zero-order valence-electron chi connectivity index (χ0n) is 31.7. The van der Waals surface area contributed by atoms with Gasteiger partial charge in [-0.2, -0.15) is 0 Å². The van der Waals surface area contributed by atoms with Crippen LogP contribution in [0.4, 0.5) is 0 Å². The molecule has 15 heteroatoms. The van der Waals surface area contributed by atoms with Gasteiger partial charge in [0.1, 0.15) is 18.1 Å². The lowest BCUT2D eigenvalue weighted by molar-refractivity contribution is -0.215. The number of fused-ring (bicyclic) bond motifs is 8. The molecule has 2 saturated heterocycles. The highest BCUT2D eigenvalue weighted by Crippen LogP contribution is 2.65. The third kappa shape index (κ3) is 4.75. The van der Waals surface area contributed by atoms with Gasteiger partial charge < -0.3 is 44.0 Å². The van der Waals surface area contributed by atoms with E-state index in [9.17, 15) is 24.9 Å². The molecule has 0 saturated carbocycles. The molecule has 0 aliphatic carbocycles. The van der Waals surface area contributed by atoms with Crippen molar-refractivity contribution in [2.24, 2.45) is 0 Å². The number of nitrogens with zero attached hydrogens (tertiary/aromatic N) is 2. The van der Waals surface area contributed by atoms with Crippen molar-refractivity contribution < 1.29 is 48.6 Å². The van der Waals surface area contributed by atoms with Gasteiger partial charge in [0.15, 0.2) is 28.5 Å². The minimum Gasteiger partial charge on any atom is -0.504 e. The van der Waals surface area contributed by atoms with Crippen LogP contribution in [-0.2, 0) is 32.7 Å². The summed E-state index contributed by atoms with van der Waals surface area (Å²) < 4.78 is 30.7. The van der Waals surface area contributed by atoms with Crippen LogP contribution in [0.15, 0.2) is 30.3 Å². The molecule has 8 atom stereocenters. The zero-order chi connectivity index (χ0) is 39.0. The Balaban J connectivity index is 1.26. The number of aryl methyl sites for hydroxylation is 1. The van der Waals surface area contributed by atoms with Crippen molar-refractivity contribution in [3.05, 3.63) is 75.0 Å². The number of hydrogen-bond donors (Lipinski definition) is 5. The summed E-state index contributed by atoms with van der Waals surface area (Å²) in [5.74, 6) is 0.674. The molecule has 56 heavy (non-hydrogen) atoms. The number of aromatic nitrogens is 1. The Morgan fingerprint density at radius 2 is 1.89 bits per heavy atom. The average molecular weight is 785 g/mol. The summed E-state index contributed by atoms with van der Waals surface area (Å²) >= 11 is 1.48. The first-order valence-electron chi connectivity index (χ1n) is 18.9. The molecule has 3 aromatic carbocycles. The predicted octanol–water partition coefficient (Wildman–Crippen LogP) is 3.54. The van der Waals surface area contributed by atoms with E-state index < -0.39 is 52.6 Å². The maximum Gasteiger partial charge on any atom is 0.333 e. The fourth-order valence-corrected chi connectivity index (χ4v) is 12.5. The van der Waals surface area contributed by atoms with E-state index >= 15 is 0 Å². The van der Waals surface area contributed by atoms with Gasteiger partial charge in [-0.15, -0.1) is 11.8 Å². The van der Waals surface area contributed by atoms with E-state index in [-0.39, 0.29) is 44.5 Å². The van der Waals surface area contributed by atoms with Crippen molar-refractivity contribution in [1.29, 1.82) is 0 Å². The van der Waals surface area contributed by atoms with E-state index in [1.54, 1.807) is 0 Å². The number of aliphatic hydroxyl groups is 2. The van der Waals surface area contributed by atoms with Crippen molar-refractivity contribution in [3.63, 3.8) is 0 Å². The van der Waals surface area contributed by atoms with Gasteiger partial charge in [-0.05, 0) is 50.1 Å². The maximum absolute atomic E-state index is 15.0. The number of aliphatic hydroxyl groups excluding tert-OH is 1. The Kier molecular flexibility index (Phi) is 8.00. The fourth-order valence-electron chi connectivity index (χ4n) is 10.8. The second kappa shape index (κ2) is 12.5. The molecule has 2 fully saturated rings. The number of likely N-dealkylation sites (N-methyl/N-ethyl adjacent to an activating group) is 1. The predicted molar refractivity (Wildman–Crippen MR) is 204 cm³/mol. The lowest BCUT2D eigenvalue weighted by Crippen LogP contribution is -2.70. The number of phenolic OH excluding ortho intramolecular Hbond substituents is 1. The van der Waals surface area contributed by atoms with Crippen molar-refractivity contribution in [2.45, 2.75) is 74.3 Å². The monoisotopic (exact) mass is 784 g/mol. The fraction of sp³-hybridized carbons (Fsp3) is 0.463. The molecule has 8 aliphatic heterocycles. The van der Waals surface area contributed by atoms with Gasteiger partial charge in [-0.1, -0.05) is 24.3 Å². The average Bonchev–Trinajstić information content (AvgIpc) is 3.76. The van der Waals surface area contributed by atoms with Gasteiger partial charge >= 0.3 is 11.9 Å². The van der Waals surface area contributed by atoms with E-state index in [4.69, 9.17) is 23.7 Å². The van der Waals surface area contributed by atoms with Gasteiger partial charge in [-0.25, -0.2) is 4.79 Å². The number of aromatic amines is 1. The molecule has 0 radical (unpaired) electrons. The summed E-state index contributed by atoms with van der Waals surface area (Å²) in [4.78, 5) is 35.6. The number of piperazine rings is 1. The zero-order valence-corrected chi connectivity index (χ0v) is 32.5. The highest BCUT2D eigenvalue weighted by molar-refractivity contribution is 7.99. The Labute approximate surface area is 327 Å². The number of thioether (sulfide) groups is 1. The van der Waals surface area contributed by atoms with E-state index in [1.807, 2.05) is 51.2 Å². The van der Waals surface area contributed by atoms with Crippen LogP contribution in [0.2, 0.25) is 0 Å². The molecule has 0 amide bonds. The van der Waals surface area contributed by atoms with E-state index in [1.165, 1.54) is 25.8 Å². The topological polar surface area (TPSA) is 175 Å². The molecule has 4 bridgehead atoms. The lowest BCUT2D eigenvalue weighted by atomic mass is 9.78. The summed E-state index contributed by atoms with van der Waals surface area (Å²) in [6.07, 6.45) is 0.664. The van der Waals surface area contributed by atoms with Crippen LogP contribution in [0.5, 0.6) is 28.7 Å². The molecular weight excluding hydrogens is 741 g/mol. The van der Waals surface area contributed by atoms with E-state index in [0.717, 1.165) is 27.6 Å². The van der Waals surface area contributed by atoms with Crippen LogP contribution >= 0.6 is 11.8 Å². The number of carbonyl (C=O) groups excluding carboxylic acids is 2. The third-order valence-electron chi connectivity index (χ3n) is 12.8. The van der Waals surface area contributed by atoms with Crippen LogP contribution in [0.25, 0.3) is 10.9 Å². The second-order valence-electron chi connectivity index (χ2n) is 16.0. The molecular formula is C41H44N4O10S. The number of methoxy groups -OCH3 is 1. The normalized spacial score (nSPS) is 31.3. The van der Waals surface area contributed by atoms with E-state index in [0.29, 0.717) is 57.4 Å². The molecule has 1 aromatic heterocycles. The number of aromatic hydroxyl groups is 1. The number of ether oxygens (including phenoxy) is 5. The largest absolute Gasteiger partial charge is 0.504 e. The van der Waals surface area contributed by atoms with Crippen LogP contribution < -0.4 is 24.3 Å². The number of H-pyrrole nitrogens is 1. The first-order chi connectivity index (χ1) is 26.9. The maximum atomic E-state index is 15.0. The van der Waals surface area contributed by atoms with E-state index in [2.05, 4.69) is 20.1 Å². The highest BCUT2D eigenvalue weighted by Gasteiger charge is 2.64.